The van der Waals surface area contributed by atoms with Crippen molar-refractivity contribution in [3.8, 4) is 5.75 Å². The molecule has 16 heavy (non-hydrogen) atoms. The Morgan fingerprint density at radius 3 is 3.12 bits per heavy atom. The summed E-state index contributed by atoms with van der Waals surface area (Å²) in [6.07, 6.45) is 0. The molecule has 0 aliphatic rings. The minimum absolute atomic E-state index is 0.780. The summed E-state index contributed by atoms with van der Waals surface area (Å²) in [4.78, 5) is 4.42. The second-order valence-electron chi connectivity index (χ2n) is 3.41. The summed E-state index contributed by atoms with van der Waals surface area (Å²) in [6.45, 7) is 4.97. The molecule has 1 heterocycles. The Kier molecular flexibility index (Phi) is 4.07. The Hall–Kier alpha value is -0.740. The molecule has 0 amide bonds. The molecule has 0 saturated carbocycles. The molecule has 0 N–H and O–H groups in total. The van der Waals surface area contributed by atoms with E-state index in [0.29, 0.717) is 0 Å². The van der Waals surface area contributed by atoms with Crippen molar-refractivity contribution in [2.75, 3.05) is 18.1 Å². The highest BCUT2D eigenvalue weighted by atomic mass is 32.2. The van der Waals surface area contributed by atoms with Crippen molar-refractivity contribution in [2.45, 2.75) is 13.8 Å². The van der Waals surface area contributed by atoms with Crippen LogP contribution in [0.4, 0.5) is 0 Å². The van der Waals surface area contributed by atoms with Crippen LogP contribution < -0.4 is 4.74 Å². The van der Waals surface area contributed by atoms with E-state index in [0.717, 1.165) is 34.4 Å². The average Bonchev–Trinajstić information content (AvgIpc) is 2.64. The molecule has 0 bridgehead atoms. The maximum Gasteiger partial charge on any atom is 0.120 e. The fourth-order valence-electron chi connectivity index (χ4n) is 1.47. The van der Waals surface area contributed by atoms with Crippen LogP contribution in [-0.4, -0.2) is 23.1 Å². The van der Waals surface area contributed by atoms with Gasteiger partial charge in [-0.15, -0.1) is 11.3 Å². The number of aryl methyl sites for hydroxylation is 1. The highest BCUT2D eigenvalue weighted by molar-refractivity contribution is 7.99. The predicted molar refractivity (Wildman–Crippen MR) is 72.9 cm³/mol. The van der Waals surface area contributed by atoms with Crippen molar-refractivity contribution in [3.05, 3.63) is 23.2 Å². The van der Waals surface area contributed by atoms with Gasteiger partial charge in [0.25, 0.3) is 0 Å². The van der Waals surface area contributed by atoms with Gasteiger partial charge in [-0.3, -0.25) is 0 Å². The molecule has 0 unspecified atom stereocenters. The highest BCUT2D eigenvalue weighted by Gasteiger charge is 2.02. The molecule has 1 aromatic carbocycles. The van der Waals surface area contributed by atoms with Crippen LogP contribution in [0.25, 0.3) is 10.2 Å². The predicted octanol–water partition coefficient (Wildman–Crippen LogP) is 3.74. The van der Waals surface area contributed by atoms with E-state index < -0.39 is 0 Å². The van der Waals surface area contributed by atoms with E-state index in [-0.39, 0.29) is 0 Å². The lowest BCUT2D eigenvalue weighted by atomic mass is 10.3. The molecule has 0 atom stereocenters. The molecule has 1 aromatic heterocycles. The van der Waals surface area contributed by atoms with Gasteiger partial charge in [0, 0.05) is 5.75 Å². The third-order valence-corrected chi connectivity index (χ3v) is 3.96. The molecule has 0 aliphatic heterocycles. The molecule has 4 heteroatoms. The highest BCUT2D eigenvalue weighted by Crippen LogP contribution is 2.25. The third kappa shape index (κ3) is 2.89. The first-order chi connectivity index (χ1) is 7.79. The van der Waals surface area contributed by atoms with E-state index in [1.807, 2.05) is 30.8 Å². The first-order valence-electron chi connectivity index (χ1n) is 5.37. The smallest absolute Gasteiger partial charge is 0.120 e. The van der Waals surface area contributed by atoms with E-state index in [1.54, 1.807) is 11.3 Å². The molecule has 0 saturated heterocycles. The number of hydrogen-bond donors (Lipinski definition) is 0. The number of ether oxygens (including phenoxy) is 1. The Bertz CT molecular complexity index is 467. The fraction of sp³-hybridized carbons (Fsp3) is 0.417. The lowest BCUT2D eigenvalue weighted by molar-refractivity contribution is 0.344. The van der Waals surface area contributed by atoms with Crippen molar-refractivity contribution >= 4 is 33.3 Å². The minimum Gasteiger partial charge on any atom is -0.493 e. The Balaban J connectivity index is 2.02. The molecule has 0 fully saturated rings. The van der Waals surface area contributed by atoms with Crippen molar-refractivity contribution in [1.29, 1.82) is 0 Å². The van der Waals surface area contributed by atoms with Gasteiger partial charge in [-0.1, -0.05) is 6.92 Å². The normalized spacial score (nSPS) is 10.9. The maximum absolute atomic E-state index is 5.68. The van der Waals surface area contributed by atoms with Gasteiger partial charge >= 0.3 is 0 Å². The van der Waals surface area contributed by atoms with Gasteiger partial charge in [0.05, 0.1) is 21.8 Å². The fourth-order valence-corrected chi connectivity index (χ4v) is 2.82. The van der Waals surface area contributed by atoms with Crippen molar-refractivity contribution in [3.63, 3.8) is 0 Å². The summed E-state index contributed by atoms with van der Waals surface area (Å²) in [5.41, 5.74) is 1.07. The van der Waals surface area contributed by atoms with Crippen LogP contribution in [0.1, 0.15) is 11.9 Å². The summed E-state index contributed by atoms with van der Waals surface area (Å²) in [5, 5.41) is 1.11. The lowest BCUT2D eigenvalue weighted by Crippen LogP contribution is -1.99. The molecule has 0 spiro atoms. The van der Waals surface area contributed by atoms with Crippen LogP contribution >= 0.6 is 23.1 Å². The van der Waals surface area contributed by atoms with Gasteiger partial charge in [-0.25, -0.2) is 4.98 Å². The van der Waals surface area contributed by atoms with Crippen molar-refractivity contribution in [2.24, 2.45) is 0 Å². The Morgan fingerprint density at radius 1 is 1.44 bits per heavy atom. The zero-order valence-corrected chi connectivity index (χ0v) is 11.2. The van der Waals surface area contributed by atoms with Gasteiger partial charge < -0.3 is 4.74 Å². The van der Waals surface area contributed by atoms with Crippen LogP contribution in [0.5, 0.6) is 5.75 Å². The first kappa shape index (κ1) is 11.7. The lowest BCUT2D eigenvalue weighted by Gasteiger charge is -2.04. The number of thioether (sulfide) groups is 1. The molecule has 2 nitrogen and oxygen atoms in total. The number of fused-ring (bicyclic) bond motifs is 1. The van der Waals surface area contributed by atoms with Crippen LogP contribution in [-0.2, 0) is 0 Å². The number of thiazole rings is 1. The van der Waals surface area contributed by atoms with E-state index in [4.69, 9.17) is 4.74 Å². The van der Waals surface area contributed by atoms with Gasteiger partial charge in [0.2, 0.25) is 0 Å². The van der Waals surface area contributed by atoms with Gasteiger partial charge in [-0.2, -0.15) is 11.8 Å². The van der Waals surface area contributed by atoms with Crippen molar-refractivity contribution < 1.29 is 4.74 Å². The average molecular weight is 253 g/mol. The van der Waals surface area contributed by atoms with Gasteiger partial charge in [-0.05, 0) is 30.9 Å². The summed E-state index contributed by atoms with van der Waals surface area (Å²) in [7, 11) is 0. The second kappa shape index (κ2) is 5.55. The zero-order chi connectivity index (χ0) is 11.4. The monoisotopic (exact) mass is 253 g/mol. The summed E-state index contributed by atoms with van der Waals surface area (Å²) >= 11 is 3.61. The van der Waals surface area contributed by atoms with E-state index >= 15 is 0 Å². The van der Waals surface area contributed by atoms with Crippen LogP contribution in [0, 0.1) is 6.92 Å². The Labute approximate surface area is 104 Å². The summed E-state index contributed by atoms with van der Waals surface area (Å²) in [6, 6.07) is 6.11. The molecule has 86 valence electrons. The van der Waals surface area contributed by atoms with E-state index in [2.05, 4.69) is 18.0 Å². The van der Waals surface area contributed by atoms with Crippen molar-refractivity contribution in [1.82, 2.24) is 4.98 Å². The standard InChI is InChI=1S/C12H15NOS2/c1-3-15-7-6-14-10-4-5-11-12(8-10)16-9(2)13-11/h4-5,8H,3,6-7H2,1-2H3. The van der Waals surface area contributed by atoms with Gasteiger partial charge in [0.1, 0.15) is 5.75 Å². The molecule has 0 aliphatic carbocycles. The molecule has 2 rings (SSSR count). The van der Waals surface area contributed by atoms with Crippen LogP contribution in [0.2, 0.25) is 0 Å². The van der Waals surface area contributed by atoms with Gasteiger partial charge in [0.15, 0.2) is 0 Å². The number of rotatable bonds is 5. The van der Waals surface area contributed by atoms with E-state index in [1.165, 1.54) is 4.70 Å². The third-order valence-electron chi connectivity index (χ3n) is 2.17. The maximum atomic E-state index is 5.68. The number of nitrogens with zero attached hydrogens (tertiary/aromatic N) is 1. The van der Waals surface area contributed by atoms with E-state index in [9.17, 15) is 0 Å². The van der Waals surface area contributed by atoms with Crippen LogP contribution in [0.15, 0.2) is 18.2 Å². The number of benzene rings is 1. The number of aromatic nitrogens is 1. The topological polar surface area (TPSA) is 22.1 Å². The molecular weight excluding hydrogens is 238 g/mol. The molecular formula is C12H15NOS2. The molecule has 2 aromatic rings. The largest absolute Gasteiger partial charge is 0.493 e. The summed E-state index contributed by atoms with van der Waals surface area (Å²) in [5.74, 6) is 3.15. The summed E-state index contributed by atoms with van der Waals surface area (Å²) < 4.78 is 6.89. The van der Waals surface area contributed by atoms with Crippen LogP contribution in [0.3, 0.4) is 0 Å². The number of hydrogen-bond acceptors (Lipinski definition) is 4. The quantitative estimate of drug-likeness (QED) is 0.758. The SMILES string of the molecule is CCSCCOc1ccc2nc(C)sc2c1. The second-order valence-corrected chi connectivity index (χ2v) is 6.04. The first-order valence-corrected chi connectivity index (χ1v) is 7.34. The molecule has 0 radical (unpaired) electrons. The minimum atomic E-state index is 0.780. The Morgan fingerprint density at radius 2 is 2.31 bits per heavy atom. The zero-order valence-electron chi connectivity index (χ0n) is 9.53.